The van der Waals surface area contributed by atoms with Crippen molar-refractivity contribution in [2.75, 3.05) is 7.11 Å². The van der Waals surface area contributed by atoms with Gasteiger partial charge in [-0.15, -0.1) is 0 Å². The molecule has 0 unspecified atom stereocenters. The molecule has 0 aliphatic carbocycles. The predicted molar refractivity (Wildman–Crippen MR) is 80.2 cm³/mol. The van der Waals surface area contributed by atoms with Gasteiger partial charge in [0.1, 0.15) is 17.2 Å². The van der Waals surface area contributed by atoms with E-state index in [4.69, 9.17) is 4.74 Å². The number of ketones is 1. The number of benzene rings is 2. The first-order chi connectivity index (χ1) is 10.1. The Hall–Kier alpha value is -2.49. The van der Waals surface area contributed by atoms with Gasteiger partial charge in [0.05, 0.1) is 18.2 Å². The summed E-state index contributed by atoms with van der Waals surface area (Å²) in [6.07, 6.45) is 1.43. The molecule has 0 aliphatic heterocycles. The van der Waals surface area contributed by atoms with Gasteiger partial charge in [-0.2, -0.15) is 0 Å². The Morgan fingerprint density at radius 1 is 1.10 bits per heavy atom. The summed E-state index contributed by atoms with van der Waals surface area (Å²) in [6, 6.07) is 9.46. The van der Waals surface area contributed by atoms with E-state index in [1.54, 1.807) is 18.2 Å². The fraction of sp³-hybridized carbons (Fsp3) is 0.235. The predicted octanol–water partition coefficient (Wildman–Crippen LogP) is 3.29. The highest BCUT2D eigenvalue weighted by molar-refractivity contribution is 6.12. The van der Waals surface area contributed by atoms with E-state index in [2.05, 4.69) is 0 Å². The lowest BCUT2D eigenvalue weighted by Gasteiger charge is -2.13. The quantitative estimate of drug-likeness (QED) is 0.828. The Bertz CT molecular complexity index is 662. The van der Waals surface area contributed by atoms with E-state index in [9.17, 15) is 15.0 Å². The Morgan fingerprint density at radius 3 is 2.43 bits per heavy atom. The molecule has 4 nitrogen and oxygen atoms in total. The molecule has 4 heteroatoms. The van der Waals surface area contributed by atoms with Gasteiger partial charge in [-0.25, -0.2) is 0 Å². The third kappa shape index (κ3) is 2.84. The summed E-state index contributed by atoms with van der Waals surface area (Å²) in [6.45, 7) is 1.98. The number of phenolic OH excluding ortho intramolecular Hbond substituents is 2. The standard InChI is InChI=1S/C17H18O4/c1-3-6-12-15(21-2)10-9-13(17(12)20)16(19)11-7-4-5-8-14(11)18/h4-5,7-10,18,20H,3,6H2,1-2H3. The van der Waals surface area contributed by atoms with Crippen molar-refractivity contribution in [1.82, 2.24) is 0 Å². The average Bonchev–Trinajstić information content (AvgIpc) is 2.49. The van der Waals surface area contributed by atoms with Crippen molar-refractivity contribution in [3.05, 3.63) is 53.1 Å². The molecule has 0 amide bonds. The Kier molecular flexibility index (Phi) is 4.48. The molecular weight excluding hydrogens is 268 g/mol. The molecule has 2 rings (SSSR count). The maximum absolute atomic E-state index is 12.5. The molecule has 0 aliphatic rings. The first-order valence-electron chi connectivity index (χ1n) is 6.81. The van der Waals surface area contributed by atoms with E-state index in [0.717, 1.165) is 6.42 Å². The van der Waals surface area contributed by atoms with Gasteiger partial charge < -0.3 is 14.9 Å². The molecule has 0 aromatic heterocycles. The Morgan fingerprint density at radius 2 is 1.81 bits per heavy atom. The number of para-hydroxylation sites is 1. The van der Waals surface area contributed by atoms with Crippen LogP contribution in [-0.4, -0.2) is 23.1 Å². The lowest BCUT2D eigenvalue weighted by molar-refractivity contribution is 0.103. The summed E-state index contributed by atoms with van der Waals surface area (Å²) in [5.41, 5.74) is 0.947. The molecule has 2 aromatic rings. The summed E-state index contributed by atoms with van der Waals surface area (Å²) < 4.78 is 5.22. The molecule has 0 saturated heterocycles. The van der Waals surface area contributed by atoms with Crippen molar-refractivity contribution in [2.45, 2.75) is 19.8 Å². The van der Waals surface area contributed by atoms with Crippen LogP contribution in [0.3, 0.4) is 0 Å². The molecule has 0 heterocycles. The highest BCUT2D eigenvalue weighted by Gasteiger charge is 2.20. The molecule has 0 radical (unpaired) electrons. The zero-order chi connectivity index (χ0) is 15.4. The van der Waals surface area contributed by atoms with E-state index in [1.165, 1.54) is 25.3 Å². The minimum Gasteiger partial charge on any atom is -0.507 e. The van der Waals surface area contributed by atoms with E-state index < -0.39 is 5.78 Å². The number of methoxy groups -OCH3 is 1. The summed E-state index contributed by atoms with van der Waals surface area (Å²) in [4.78, 5) is 12.5. The van der Waals surface area contributed by atoms with Crippen molar-refractivity contribution >= 4 is 5.78 Å². The maximum atomic E-state index is 12.5. The number of ether oxygens (including phenoxy) is 1. The monoisotopic (exact) mass is 286 g/mol. The second kappa shape index (κ2) is 6.31. The highest BCUT2D eigenvalue weighted by atomic mass is 16.5. The van der Waals surface area contributed by atoms with E-state index in [0.29, 0.717) is 17.7 Å². The molecular formula is C17H18O4. The van der Waals surface area contributed by atoms with Crippen LogP contribution < -0.4 is 4.74 Å². The first-order valence-corrected chi connectivity index (χ1v) is 6.81. The molecule has 0 atom stereocenters. The summed E-state index contributed by atoms with van der Waals surface area (Å²) in [7, 11) is 1.53. The Balaban J connectivity index is 2.52. The van der Waals surface area contributed by atoms with Crippen LogP contribution in [0.4, 0.5) is 0 Å². The van der Waals surface area contributed by atoms with Gasteiger partial charge in [-0.05, 0) is 30.7 Å². The fourth-order valence-electron chi connectivity index (χ4n) is 2.29. The second-order valence-corrected chi connectivity index (χ2v) is 4.74. The topological polar surface area (TPSA) is 66.8 Å². The third-order valence-electron chi connectivity index (χ3n) is 3.35. The third-order valence-corrected chi connectivity index (χ3v) is 3.35. The largest absolute Gasteiger partial charge is 0.507 e. The van der Waals surface area contributed by atoms with Crippen molar-refractivity contribution in [3.63, 3.8) is 0 Å². The summed E-state index contributed by atoms with van der Waals surface area (Å²) in [5, 5.41) is 20.2. The van der Waals surface area contributed by atoms with E-state index in [-0.39, 0.29) is 22.6 Å². The van der Waals surface area contributed by atoms with Crippen LogP contribution in [0.15, 0.2) is 36.4 Å². The lowest BCUT2D eigenvalue weighted by atomic mass is 9.97. The zero-order valence-electron chi connectivity index (χ0n) is 12.1. The van der Waals surface area contributed by atoms with Crippen LogP contribution in [0, 0.1) is 0 Å². The van der Waals surface area contributed by atoms with Crippen LogP contribution in [0.2, 0.25) is 0 Å². The molecule has 2 aromatic carbocycles. The minimum absolute atomic E-state index is 0.0792. The van der Waals surface area contributed by atoms with Crippen LogP contribution in [-0.2, 0) is 6.42 Å². The van der Waals surface area contributed by atoms with Gasteiger partial charge in [0.2, 0.25) is 0 Å². The first kappa shape index (κ1) is 14.9. The maximum Gasteiger partial charge on any atom is 0.200 e. The molecule has 0 spiro atoms. The Labute approximate surface area is 123 Å². The van der Waals surface area contributed by atoms with Crippen molar-refractivity contribution in [1.29, 1.82) is 0 Å². The fourth-order valence-corrected chi connectivity index (χ4v) is 2.29. The molecule has 0 bridgehead atoms. The highest BCUT2D eigenvalue weighted by Crippen LogP contribution is 2.34. The second-order valence-electron chi connectivity index (χ2n) is 4.74. The van der Waals surface area contributed by atoms with Crippen molar-refractivity contribution in [3.8, 4) is 17.2 Å². The van der Waals surface area contributed by atoms with E-state index in [1.807, 2.05) is 6.92 Å². The average molecular weight is 286 g/mol. The van der Waals surface area contributed by atoms with Gasteiger partial charge in [-0.1, -0.05) is 25.5 Å². The number of aromatic hydroxyl groups is 2. The number of hydrogen-bond acceptors (Lipinski definition) is 4. The summed E-state index contributed by atoms with van der Waals surface area (Å²) in [5.74, 6) is -0.0343. The normalized spacial score (nSPS) is 10.4. The summed E-state index contributed by atoms with van der Waals surface area (Å²) >= 11 is 0. The molecule has 0 fully saturated rings. The molecule has 2 N–H and O–H groups in total. The van der Waals surface area contributed by atoms with Gasteiger partial charge in [0, 0.05) is 5.56 Å². The lowest BCUT2D eigenvalue weighted by Crippen LogP contribution is -2.04. The molecule has 21 heavy (non-hydrogen) atoms. The van der Waals surface area contributed by atoms with Gasteiger partial charge in [-0.3, -0.25) is 4.79 Å². The number of rotatable bonds is 5. The van der Waals surface area contributed by atoms with Crippen molar-refractivity contribution < 1.29 is 19.7 Å². The molecule has 110 valence electrons. The van der Waals surface area contributed by atoms with Gasteiger partial charge in [0.15, 0.2) is 5.78 Å². The number of carbonyl (C=O) groups is 1. The smallest absolute Gasteiger partial charge is 0.200 e. The zero-order valence-corrected chi connectivity index (χ0v) is 12.1. The number of phenols is 2. The number of hydrogen-bond donors (Lipinski definition) is 2. The van der Waals surface area contributed by atoms with Crippen LogP contribution >= 0.6 is 0 Å². The van der Waals surface area contributed by atoms with Gasteiger partial charge in [0.25, 0.3) is 0 Å². The minimum atomic E-state index is -0.411. The van der Waals surface area contributed by atoms with Crippen LogP contribution in [0.1, 0.15) is 34.8 Å². The molecule has 0 saturated carbocycles. The van der Waals surface area contributed by atoms with E-state index >= 15 is 0 Å². The van der Waals surface area contributed by atoms with Gasteiger partial charge >= 0.3 is 0 Å². The SMILES string of the molecule is CCCc1c(OC)ccc(C(=O)c2ccccc2O)c1O. The van der Waals surface area contributed by atoms with Crippen LogP contribution in [0.25, 0.3) is 0 Å². The van der Waals surface area contributed by atoms with Crippen LogP contribution in [0.5, 0.6) is 17.2 Å². The number of carbonyl (C=O) groups excluding carboxylic acids is 1. The van der Waals surface area contributed by atoms with Crippen molar-refractivity contribution in [2.24, 2.45) is 0 Å².